The second kappa shape index (κ2) is 9.41. The topological polar surface area (TPSA) is 103 Å². The van der Waals surface area contributed by atoms with Crippen LogP contribution in [0.25, 0.3) is 11.1 Å². The number of ether oxygens (including phenoxy) is 1. The molecule has 0 fully saturated rings. The average Bonchev–Trinajstić information content (AvgIpc) is 3.36. The van der Waals surface area contributed by atoms with Gasteiger partial charge in [-0.3, -0.25) is 9.36 Å². The van der Waals surface area contributed by atoms with Crippen LogP contribution in [0.1, 0.15) is 34.8 Å². The second-order valence-electron chi connectivity index (χ2n) is 7.77. The number of oxazole rings is 1. The Bertz CT molecular complexity index is 1380. The number of esters is 1. The molecule has 0 saturated carbocycles. The fraction of sp³-hybridized carbons (Fsp3) is 0.250. The number of benzene rings is 2. The molecule has 0 aliphatic carbocycles. The lowest BCUT2D eigenvalue weighted by Crippen LogP contribution is -2.26. The Morgan fingerprint density at radius 3 is 2.82 bits per heavy atom. The van der Waals surface area contributed by atoms with Crippen LogP contribution in [0.15, 0.2) is 57.1 Å². The molecule has 2 aromatic heterocycles. The number of thiazole rings is 1. The number of hydrogen-bond acceptors (Lipinski definition) is 7. The molecule has 9 heteroatoms. The van der Waals surface area contributed by atoms with E-state index in [1.165, 1.54) is 15.9 Å². The summed E-state index contributed by atoms with van der Waals surface area (Å²) in [7, 11) is 0. The van der Waals surface area contributed by atoms with Crippen molar-refractivity contribution in [1.29, 1.82) is 0 Å². The van der Waals surface area contributed by atoms with Gasteiger partial charge in [0, 0.05) is 11.1 Å². The Morgan fingerprint density at radius 1 is 1.21 bits per heavy atom. The number of anilines is 1. The summed E-state index contributed by atoms with van der Waals surface area (Å²) in [5.41, 5.74) is 4.30. The number of rotatable bonds is 7. The molecule has 8 nitrogen and oxygen atoms in total. The number of carbonyl (C=O) groups is 2. The van der Waals surface area contributed by atoms with Crippen molar-refractivity contribution in [3.05, 3.63) is 80.2 Å². The van der Waals surface area contributed by atoms with E-state index in [0.29, 0.717) is 21.8 Å². The molecule has 0 radical (unpaired) electrons. The Kier molecular flexibility index (Phi) is 6.41. The summed E-state index contributed by atoms with van der Waals surface area (Å²) in [6, 6.07) is 11.9. The first-order valence-electron chi connectivity index (χ1n) is 10.4. The van der Waals surface area contributed by atoms with Gasteiger partial charge >= 0.3 is 11.7 Å². The van der Waals surface area contributed by atoms with Crippen molar-refractivity contribution in [3.8, 4) is 0 Å². The number of nitrogens with one attached hydrogen (secondary N) is 1. The average molecular weight is 466 g/mol. The second-order valence-corrected chi connectivity index (χ2v) is 8.71. The Labute approximate surface area is 193 Å². The quantitative estimate of drug-likeness (QED) is 0.411. The van der Waals surface area contributed by atoms with Crippen molar-refractivity contribution >= 4 is 40.0 Å². The lowest BCUT2D eigenvalue weighted by Gasteiger charge is -2.11. The zero-order valence-electron chi connectivity index (χ0n) is 18.5. The first-order chi connectivity index (χ1) is 15.8. The Balaban J connectivity index is 1.35. The summed E-state index contributed by atoms with van der Waals surface area (Å²) >= 11 is 1.32. The van der Waals surface area contributed by atoms with E-state index in [1.54, 1.807) is 36.6 Å². The summed E-state index contributed by atoms with van der Waals surface area (Å²) < 4.78 is 11.8. The maximum Gasteiger partial charge on any atom is 0.420 e. The third kappa shape index (κ3) is 5.04. The van der Waals surface area contributed by atoms with Gasteiger partial charge in [-0.05, 0) is 50.1 Å². The highest BCUT2D eigenvalue weighted by Crippen LogP contribution is 2.20. The van der Waals surface area contributed by atoms with Crippen molar-refractivity contribution in [2.45, 2.75) is 39.8 Å². The fourth-order valence-corrected chi connectivity index (χ4v) is 4.20. The van der Waals surface area contributed by atoms with E-state index in [-0.39, 0.29) is 18.9 Å². The van der Waals surface area contributed by atoms with Crippen LogP contribution in [-0.2, 0) is 27.4 Å². The summed E-state index contributed by atoms with van der Waals surface area (Å²) in [5.74, 6) is -1.36. The van der Waals surface area contributed by atoms with Crippen molar-refractivity contribution in [2.75, 3.05) is 5.32 Å². The van der Waals surface area contributed by atoms with Gasteiger partial charge in [-0.2, -0.15) is 0 Å². The highest BCUT2D eigenvalue weighted by atomic mass is 32.1. The van der Waals surface area contributed by atoms with Crippen molar-refractivity contribution in [2.24, 2.45) is 0 Å². The van der Waals surface area contributed by atoms with E-state index in [1.807, 2.05) is 32.0 Å². The minimum atomic E-state index is -0.859. The number of aryl methyl sites for hydroxylation is 2. The molecule has 0 aliphatic heterocycles. The van der Waals surface area contributed by atoms with E-state index >= 15 is 0 Å². The molecule has 1 amide bonds. The SMILES string of the molecule is Cc1ccc(C)c(NC(=O)Cc2nc(COC(=O)C(C)n3c(=O)oc4ccccc43)cs2)c1. The number of fused-ring (bicyclic) bond motifs is 1. The molecule has 33 heavy (non-hydrogen) atoms. The molecular formula is C24H23N3O5S. The van der Waals surface area contributed by atoms with Gasteiger partial charge in [0.05, 0.1) is 17.6 Å². The lowest BCUT2D eigenvalue weighted by molar-refractivity contribution is -0.148. The molecule has 1 unspecified atom stereocenters. The number of aromatic nitrogens is 2. The van der Waals surface area contributed by atoms with Crippen LogP contribution in [0.3, 0.4) is 0 Å². The molecule has 0 saturated heterocycles. The van der Waals surface area contributed by atoms with Gasteiger partial charge in [-0.1, -0.05) is 24.3 Å². The molecule has 0 spiro atoms. The van der Waals surface area contributed by atoms with Gasteiger partial charge in [-0.25, -0.2) is 14.6 Å². The molecule has 0 aliphatic rings. The fourth-order valence-electron chi connectivity index (χ4n) is 3.42. The van der Waals surface area contributed by atoms with Crippen LogP contribution < -0.4 is 11.1 Å². The molecule has 1 atom stereocenters. The predicted octanol–water partition coefficient (Wildman–Crippen LogP) is 4.15. The first kappa shape index (κ1) is 22.5. The van der Waals surface area contributed by atoms with E-state index in [2.05, 4.69) is 10.3 Å². The van der Waals surface area contributed by atoms with Crippen molar-refractivity contribution < 1.29 is 18.7 Å². The summed E-state index contributed by atoms with van der Waals surface area (Å²) in [6.07, 6.45) is 0.124. The number of hydrogen-bond donors (Lipinski definition) is 1. The summed E-state index contributed by atoms with van der Waals surface area (Å²) in [5, 5.41) is 5.28. The van der Waals surface area contributed by atoms with Crippen LogP contribution in [0.4, 0.5) is 5.69 Å². The maximum absolute atomic E-state index is 12.5. The van der Waals surface area contributed by atoms with Crippen LogP contribution in [0, 0.1) is 13.8 Å². The van der Waals surface area contributed by atoms with Gasteiger partial charge < -0.3 is 14.5 Å². The minimum absolute atomic E-state index is 0.0528. The van der Waals surface area contributed by atoms with Crippen LogP contribution >= 0.6 is 11.3 Å². The highest BCUT2D eigenvalue weighted by Gasteiger charge is 2.23. The van der Waals surface area contributed by atoms with Gasteiger partial charge in [0.1, 0.15) is 17.7 Å². The number of amides is 1. The van der Waals surface area contributed by atoms with E-state index < -0.39 is 17.8 Å². The van der Waals surface area contributed by atoms with Gasteiger partial charge in [0.2, 0.25) is 5.91 Å². The number of nitrogens with zero attached hydrogens (tertiary/aromatic N) is 2. The van der Waals surface area contributed by atoms with E-state index in [0.717, 1.165) is 16.8 Å². The van der Waals surface area contributed by atoms with Gasteiger partial charge in [-0.15, -0.1) is 11.3 Å². The third-order valence-corrected chi connectivity index (χ3v) is 6.09. The highest BCUT2D eigenvalue weighted by molar-refractivity contribution is 7.09. The molecule has 1 N–H and O–H groups in total. The van der Waals surface area contributed by atoms with Crippen LogP contribution in [-0.4, -0.2) is 21.4 Å². The van der Waals surface area contributed by atoms with E-state index in [9.17, 15) is 14.4 Å². The standard InChI is InChI=1S/C24H23N3O5S/c1-14-8-9-15(2)18(10-14)26-21(28)11-22-25-17(13-33-22)12-31-23(29)16(3)27-19-6-4-5-7-20(19)32-24(27)30/h4-10,13,16H,11-12H2,1-3H3,(H,26,28). The largest absolute Gasteiger partial charge is 0.458 e. The molecule has 2 aromatic carbocycles. The zero-order valence-corrected chi connectivity index (χ0v) is 19.3. The molecule has 170 valence electrons. The predicted molar refractivity (Wildman–Crippen MR) is 125 cm³/mol. The smallest absolute Gasteiger partial charge is 0.420 e. The molecule has 4 rings (SSSR count). The van der Waals surface area contributed by atoms with Crippen molar-refractivity contribution in [3.63, 3.8) is 0 Å². The van der Waals surface area contributed by atoms with E-state index in [4.69, 9.17) is 9.15 Å². The molecule has 4 aromatic rings. The summed E-state index contributed by atoms with van der Waals surface area (Å²) in [6.45, 7) is 5.43. The third-order valence-electron chi connectivity index (χ3n) is 5.19. The van der Waals surface area contributed by atoms with Gasteiger partial charge in [0.15, 0.2) is 5.58 Å². The van der Waals surface area contributed by atoms with Gasteiger partial charge in [0.25, 0.3) is 0 Å². The number of para-hydroxylation sites is 2. The van der Waals surface area contributed by atoms with Crippen LogP contribution in [0.5, 0.6) is 0 Å². The normalized spacial score (nSPS) is 12.0. The molecule has 2 heterocycles. The maximum atomic E-state index is 12.5. The molecule has 0 bridgehead atoms. The Hall–Kier alpha value is -3.72. The molecular weight excluding hydrogens is 442 g/mol. The summed E-state index contributed by atoms with van der Waals surface area (Å²) in [4.78, 5) is 41.5. The van der Waals surface area contributed by atoms with Crippen LogP contribution in [0.2, 0.25) is 0 Å². The lowest BCUT2D eigenvalue weighted by atomic mass is 10.1. The number of carbonyl (C=O) groups excluding carboxylic acids is 2. The minimum Gasteiger partial charge on any atom is -0.458 e. The monoisotopic (exact) mass is 465 g/mol. The Morgan fingerprint density at radius 2 is 2.00 bits per heavy atom. The first-order valence-corrected chi connectivity index (χ1v) is 11.3. The zero-order chi connectivity index (χ0) is 23.5. The van der Waals surface area contributed by atoms with Crippen molar-refractivity contribution in [1.82, 2.24) is 9.55 Å².